The number of aromatic nitrogens is 2. The minimum atomic E-state index is -0.227. The van der Waals surface area contributed by atoms with Crippen LogP contribution in [0.4, 0.5) is 10.6 Å². The zero-order valence-corrected chi connectivity index (χ0v) is 13.2. The summed E-state index contributed by atoms with van der Waals surface area (Å²) in [7, 11) is 0. The van der Waals surface area contributed by atoms with Gasteiger partial charge >= 0.3 is 6.09 Å². The number of rotatable bonds is 3. The van der Waals surface area contributed by atoms with E-state index in [1.54, 1.807) is 0 Å². The fourth-order valence-corrected chi connectivity index (χ4v) is 3.19. The molecular formula is C15H21N5O2. The van der Waals surface area contributed by atoms with E-state index >= 15 is 0 Å². The molecule has 2 unspecified atom stereocenters. The maximum Gasteiger partial charge on any atom is 0.410 e. The van der Waals surface area contributed by atoms with Gasteiger partial charge in [-0.1, -0.05) is 0 Å². The topological polar surface area (TPSA) is 79.7 Å². The van der Waals surface area contributed by atoms with Crippen LogP contribution >= 0.6 is 0 Å². The lowest BCUT2D eigenvalue weighted by atomic mass is 9.99. The van der Waals surface area contributed by atoms with Crippen LogP contribution < -0.4 is 5.43 Å². The third-order valence-electron chi connectivity index (χ3n) is 4.07. The maximum absolute atomic E-state index is 12.2. The van der Waals surface area contributed by atoms with Crippen LogP contribution in [0.2, 0.25) is 0 Å². The SMILES string of the molecule is CCOC(=O)N1C2CCC1c1cc(NN=C(C)C)nnc1C2. The second-order valence-electron chi connectivity index (χ2n) is 5.86. The van der Waals surface area contributed by atoms with Crippen molar-refractivity contribution in [1.82, 2.24) is 15.1 Å². The smallest absolute Gasteiger partial charge is 0.410 e. The fourth-order valence-electron chi connectivity index (χ4n) is 3.19. The summed E-state index contributed by atoms with van der Waals surface area (Å²) < 4.78 is 5.20. The van der Waals surface area contributed by atoms with Crippen molar-refractivity contribution in [2.45, 2.75) is 52.1 Å². The van der Waals surface area contributed by atoms with Gasteiger partial charge in [0.1, 0.15) is 0 Å². The highest BCUT2D eigenvalue weighted by Gasteiger charge is 2.44. The Hall–Kier alpha value is -2.18. The minimum absolute atomic E-state index is 0.0375. The van der Waals surface area contributed by atoms with Gasteiger partial charge in [-0.3, -0.25) is 10.3 Å². The van der Waals surface area contributed by atoms with Gasteiger partial charge in [0.2, 0.25) is 0 Å². The van der Waals surface area contributed by atoms with E-state index in [0.717, 1.165) is 36.2 Å². The number of carbonyl (C=O) groups is 1. The molecule has 0 radical (unpaired) electrons. The molecule has 1 aromatic heterocycles. The molecule has 1 fully saturated rings. The molecule has 0 aliphatic carbocycles. The standard InChI is InChI=1S/C15H21N5O2/c1-4-22-15(21)20-10-5-6-13(20)11-8-14(18-16-9(2)3)19-17-12(11)7-10/h8,10,13H,4-7H2,1-3H3,(H,18,19). The summed E-state index contributed by atoms with van der Waals surface area (Å²) in [5, 5.41) is 12.6. The number of hydrazone groups is 1. The van der Waals surface area contributed by atoms with Crippen molar-refractivity contribution in [1.29, 1.82) is 0 Å². The van der Waals surface area contributed by atoms with Gasteiger partial charge in [-0.25, -0.2) is 4.79 Å². The number of nitrogens with one attached hydrogen (secondary N) is 1. The Morgan fingerprint density at radius 2 is 2.27 bits per heavy atom. The van der Waals surface area contributed by atoms with Crippen LogP contribution in [0, 0.1) is 0 Å². The highest BCUT2D eigenvalue weighted by atomic mass is 16.6. The fraction of sp³-hybridized carbons (Fsp3) is 0.600. The number of fused-ring (bicyclic) bond motifs is 4. The van der Waals surface area contributed by atoms with Crippen molar-refractivity contribution in [3.63, 3.8) is 0 Å². The Morgan fingerprint density at radius 3 is 3.00 bits per heavy atom. The van der Waals surface area contributed by atoms with Crippen molar-refractivity contribution in [2.75, 3.05) is 12.0 Å². The van der Waals surface area contributed by atoms with Crippen molar-refractivity contribution < 1.29 is 9.53 Å². The highest BCUT2D eigenvalue weighted by Crippen LogP contribution is 2.43. The van der Waals surface area contributed by atoms with Gasteiger partial charge in [-0.05, 0) is 39.7 Å². The molecule has 2 bridgehead atoms. The molecule has 0 spiro atoms. The Bertz CT molecular complexity index is 612. The van der Waals surface area contributed by atoms with Crippen molar-refractivity contribution in [3.8, 4) is 0 Å². The van der Waals surface area contributed by atoms with Crippen molar-refractivity contribution in [2.24, 2.45) is 5.10 Å². The number of hydrogen-bond acceptors (Lipinski definition) is 6. The Labute approximate surface area is 129 Å². The first kappa shape index (κ1) is 14.7. The molecular weight excluding hydrogens is 282 g/mol. The first-order valence-corrected chi connectivity index (χ1v) is 7.68. The molecule has 7 heteroatoms. The first-order chi connectivity index (χ1) is 10.6. The molecule has 2 aliphatic heterocycles. The van der Waals surface area contributed by atoms with Crippen LogP contribution in [-0.2, 0) is 11.2 Å². The van der Waals surface area contributed by atoms with Crippen molar-refractivity contribution >= 4 is 17.6 Å². The summed E-state index contributed by atoms with van der Waals surface area (Å²) >= 11 is 0. The number of hydrogen-bond donors (Lipinski definition) is 1. The van der Waals surface area contributed by atoms with Gasteiger partial charge in [0, 0.05) is 23.7 Å². The lowest BCUT2D eigenvalue weighted by Gasteiger charge is -2.34. The van der Waals surface area contributed by atoms with Crippen LogP contribution in [-0.4, -0.2) is 39.6 Å². The first-order valence-electron chi connectivity index (χ1n) is 7.68. The minimum Gasteiger partial charge on any atom is -0.450 e. The average Bonchev–Trinajstić information content (AvgIpc) is 2.81. The quantitative estimate of drug-likeness (QED) is 0.685. The maximum atomic E-state index is 12.2. The number of carbonyl (C=O) groups excluding carboxylic acids is 1. The molecule has 0 aromatic carbocycles. The van der Waals surface area contributed by atoms with Crippen LogP contribution in [0.3, 0.4) is 0 Å². The Kier molecular flexibility index (Phi) is 3.96. The lowest BCUT2D eigenvalue weighted by molar-refractivity contribution is 0.0833. The van der Waals surface area contributed by atoms with E-state index < -0.39 is 0 Å². The zero-order chi connectivity index (χ0) is 15.7. The molecule has 118 valence electrons. The van der Waals surface area contributed by atoms with E-state index in [1.165, 1.54) is 0 Å². The normalized spacial score (nSPS) is 22.0. The zero-order valence-electron chi connectivity index (χ0n) is 13.2. The van der Waals surface area contributed by atoms with Gasteiger partial charge in [-0.2, -0.15) is 10.2 Å². The van der Waals surface area contributed by atoms with Gasteiger partial charge in [0.15, 0.2) is 5.82 Å². The monoisotopic (exact) mass is 303 g/mol. The molecule has 7 nitrogen and oxygen atoms in total. The molecule has 0 saturated carbocycles. The number of amides is 1. The van der Waals surface area contributed by atoms with Crippen LogP contribution in [0.25, 0.3) is 0 Å². The number of ether oxygens (including phenoxy) is 1. The average molecular weight is 303 g/mol. The predicted octanol–water partition coefficient (Wildman–Crippen LogP) is 2.50. The molecule has 1 amide bonds. The summed E-state index contributed by atoms with van der Waals surface area (Å²) in [6, 6.07) is 2.17. The van der Waals surface area contributed by atoms with Gasteiger partial charge in [0.25, 0.3) is 0 Å². The molecule has 3 rings (SSSR count). The van der Waals surface area contributed by atoms with Gasteiger partial charge in [0.05, 0.1) is 18.3 Å². The van der Waals surface area contributed by atoms with E-state index in [4.69, 9.17) is 4.74 Å². The lowest BCUT2D eigenvalue weighted by Crippen LogP contribution is -2.42. The highest BCUT2D eigenvalue weighted by molar-refractivity contribution is 5.79. The largest absolute Gasteiger partial charge is 0.450 e. The summed E-state index contributed by atoms with van der Waals surface area (Å²) in [6.45, 7) is 6.04. The van der Waals surface area contributed by atoms with E-state index in [1.807, 2.05) is 31.7 Å². The van der Waals surface area contributed by atoms with Gasteiger partial charge in [-0.15, -0.1) is 5.10 Å². The van der Waals surface area contributed by atoms with E-state index in [-0.39, 0.29) is 18.2 Å². The van der Waals surface area contributed by atoms with E-state index in [0.29, 0.717) is 12.4 Å². The molecule has 22 heavy (non-hydrogen) atoms. The predicted molar refractivity (Wildman–Crippen MR) is 82.8 cm³/mol. The summed E-state index contributed by atoms with van der Waals surface area (Å²) in [5.41, 5.74) is 5.85. The third-order valence-corrected chi connectivity index (χ3v) is 4.07. The molecule has 2 aliphatic rings. The molecule has 3 heterocycles. The van der Waals surface area contributed by atoms with Crippen molar-refractivity contribution in [3.05, 3.63) is 17.3 Å². The van der Waals surface area contributed by atoms with Crippen LogP contribution in [0.15, 0.2) is 11.2 Å². The summed E-state index contributed by atoms with van der Waals surface area (Å²) in [6.07, 6.45) is 2.44. The Balaban J connectivity index is 1.88. The van der Waals surface area contributed by atoms with Crippen LogP contribution in [0.5, 0.6) is 0 Å². The van der Waals surface area contributed by atoms with E-state index in [9.17, 15) is 4.79 Å². The molecule has 1 N–H and O–H groups in total. The summed E-state index contributed by atoms with van der Waals surface area (Å²) in [5.74, 6) is 0.606. The second-order valence-corrected chi connectivity index (χ2v) is 5.86. The third kappa shape index (κ3) is 2.63. The molecule has 1 aromatic rings. The second kappa shape index (κ2) is 5.90. The molecule has 2 atom stereocenters. The number of anilines is 1. The summed E-state index contributed by atoms with van der Waals surface area (Å²) in [4.78, 5) is 14.1. The van der Waals surface area contributed by atoms with Crippen LogP contribution in [0.1, 0.15) is 50.9 Å². The Morgan fingerprint density at radius 1 is 1.45 bits per heavy atom. The number of nitrogens with zero attached hydrogens (tertiary/aromatic N) is 4. The van der Waals surface area contributed by atoms with Gasteiger partial charge < -0.3 is 4.74 Å². The molecule has 1 saturated heterocycles. The van der Waals surface area contributed by atoms with E-state index in [2.05, 4.69) is 20.7 Å².